The molecule has 0 radical (unpaired) electrons. The van der Waals surface area contributed by atoms with E-state index in [9.17, 15) is 19.5 Å². The fraction of sp³-hybridized carbons (Fsp3) is 0.830. The van der Waals surface area contributed by atoms with Crippen LogP contribution >= 0.6 is 0 Å². The number of unbranched alkanes of at least 4 members (excludes halogenated alkanes) is 27. The van der Waals surface area contributed by atoms with Crippen LogP contribution in [-0.2, 0) is 28.6 Å². The van der Waals surface area contributed by atoms with Gasteiger partial charge in [-0.3, -0.25) is 9.59 Å². The number of aliphatic carboxylic acids is 1. The van der Waals surface area contributed by atoms with Crippen molar-refractivity contribution in [1.29, 1.82) is 0 Å². The van der Waals surface area contributed by atoms with Crippen LogP contribution in [0.1, 0.15) is 232 Å². The van der Waals surface area contributed by atoms with Gasteiger partial charge < -0.3 is 28.6 Å². The third-order valence-corrected chi connectivity index (χ3v) is 11.5. The van der Waals surface area contributed by atoms with Crippen molar-refractivity contribution in [3.8, 4) is 0 Å². The second-order valence-electron chi connectivity index (χ2n) is 18.4. The quantitative estimate of drug-likeness (QED) is 0.0197. The molecule has 0 amide bonds. The lowest BCUT2D eigenvalue weighted by Gasteiger charge is -2.34. The maximum Gasteiger partial charge on any atom is 0.306 e. The Bertz CT molecular complexity index is 1090. The predicted octanol–water partition coefficient (Wildman–Crippen LogP) is 13.3. The number of rotatable bonds is 46. The van der Waals surface area contributed by atoms with Crippen molar-refractivity contribution in [3.63, 3.8) is 0 Å². The first-order valence-electron chi connectivity index (χ1n) is 25.5. The third-order valence-electron chi connectivity index (χ3n) is 11.5. The summed E-state index contributed by atoms with van der Waals surface area (Å²) in [5.74, 6) is -1.75. The summed E-state index contributed by atoms with van der Waals surface area (Å²) in [4.78, 5) is 37.0. The maximum atomic E-state index is 12.8. The number of hydrogen-bond donors (Lipinski definition) is 0. The van der Waals surface area contributed by atoms with Gasteiger partial charge in [0.15, 0.2) is 6.10 Å². The fourth-order valence-corrected chi connectivity index (χ4v) is 7.53. The van der Waals surface area contributed by atoms with Gasteiger partial charge in [0.1, 0.15) is 12.6 Å². The van der Waals surface area contributed by atoms with Gasteiger partial charge in [-0.05, 0) is 64.2 Å². The number of allylic oxidation sites excluding steroid dienone is 6. The minimum atomic E-state index is -1.13. The van der Waals surface area contributed by atoms with Crippen LogP contribution in [0.15, 0.2) is 36.5 Å². The number of carbonyl (C=O) groups excluding carboxylic acids is 3. The fourth-order valence-electron chi connectivity index (χ4n) is 7.53. The highest BCUT2D eigenvalue weighted by Crippen LogP contribution is 2.15. The molecule has 0 aliphatic carbocycles. The molecule has 0 fully saturated rings. The van der Waals surface area contributed by atoms with Gasteiger partial charge in [-0.1, -0.05) is 185 Å². The average molecular weight is 860 g/mol. The summed E-state index contributed by atoms with van der Waals surface area (Å²) in [6, 6.07) is -0.728. The van der Waals surface area contributed by atoms with Crippen LogP contribution in [0, 0.1) is 0 Å². The van der Waals surface area contributed by atoms with E-state index in [1.165, 1.54) is 148 Å². The molecule has 0 bridgehead atoms. The normalized spacial score (nSPS) is 13.1. The summed E-state index contributed by atoms with van der Waals surface area (Å²) >= 11 is 0. The van der Waals surface area contributed by atoms with Gasteiger partial charge in [-0.25, -0.2) is 0 Å². The minimum Gasteiger partial charge on any atom is -0.544 e. The zero-order valence-electron chi connectivity index (χ0n) is 40.6. The Labute approximate surface area is 376 Å². The molecular weight excluding hydrogens is 763 g/mol. The van der Waals surface area contributed by atoms with Crippen molar-refractivity contribution >= 4 is 17.9 Å². The summed E-state index contributed by atoms with van der Waals surface area (Å²) in [5.41, 5.74) is 0. The molecule has 2 atom stereocenters. The molecule has 8 heteroatoms. The van der Waals surface area contributed by atoms with E-state index < -0.39 is 18.1 Å². The van der Waals surface area contributed by atoms with Crippen LogP contribution < -0.4 is 5.11 Å². The molecule has 0 aliphatic rings. The van der Waals surface area contributed by atoms with Gasteiger partial charge in [0.2, 0.25) is 0 Å². The highest BCUT2D eigenvalue weighted by Gasteiger charge is 2.25. The zero-order chi connectivity index (χ0) is 44.9. The summed E-state index contributed by atoms with van der Waals surface area (Å²) in [7, 11) is 5.41. The van der Waals surface area contributed by atoms with Gasteiger partial charge in [0.25, 0.3) is 0 Å². The van der Waals surface area contributed by atoms with E-state index in [0.717, 1.165) is 51.4 Å². The van der Waals surface area contributed by atoms with E-state index in [0.29, 0.717) is 12.8 Å². The van der Waals surface area contributed by atoms with Crippen molar-refractivity contribution in [2.24, 2.45) is 0 Å². The van der Waals surface area contributed by atoms with Crippen molar-refractivity contribution in [2.75, 3.05) is 41.0 Å². The van der Waals surface area contributed by atoms with E-state index in [1.54, 1.807) is 21.1 Å². The number of likely N-dealkylation sites (N-methyl/N-ethyl adjacent to an activating group) is 1. The standard InChI is InChI=1S/C53H97NO7/c1-6-8-10-12-14-16-18-20-22-23-24-25-26-27-28-30-32-34-36-38-40-42-44-52(56)61-49(47-59-46-45-50(53(57)58)54(3,4)5)48-60-51(55)43-41-39-37-35-33-31-29-21-19-17-15-13-11-9-7-2/h15,17,19,21,26-27,49-50H,6-14,16,18,20,22-25,28-48H2,1-5H3/b17-15+,21-19+,27-26+. The molecule has 0 heterocycles. The van der Waals surface area contributed by atoms with Gasteiger partial charge in [0.05, 0.1) is 40.3 Å². The highest BCUT2D eigenvalue weighted by molar-refractivity contribution is 5.70. The maximum absolute atomic E-state index is 12.8. The number of carboxylic acids is 1. The first-order chi connectivity index (χ1) is 29.6. The second kappa shape index (κ2) is 44.2. The Kier molecular flexibility index (Phi) is 42.4. The summed E-state index contributed by atoms with van der Waals surface area (Å²) in [6.45, 7) is 4.64. The van der Waals surface area contributed by atoms with Crippen LogP contribution in [0.3, 0.4) is 0 Å². The van der Waals surface area contributed by atoms with Gasteiger partial charge in [0, 0.05) is 19.3 Å². The second-order valence-corrected chi connectivity index (χ2v) is 18.4. The van der Waals surface area contributed by atoms with Crippen LogP contribution in [-0.4, -0.2) is 75.5 Å². The van der Waals surface area contributed by atoms with Crippen LogP contribution in [0.25, 0.3) is 0 Å². The van der Waals surface area contributed by atoms with Crippen molar-refractivity contribution in [2.45, 2.75) is 244 Å². The molecule has 0 N–H and O–H groups in total. The Morgan fingerprint density at radius 2 is 0.869 bits per heavy atom. The Balaban J connectivity index is 4.24. The van der Waals surface area contributed by atoms with Crippen molar-refractivity contribution in [1.82, 2.24) is 0 Å². The SMILES string of the molecule is CCCCC/C=C/C=C/CCCCCCCCC(=O)OCC(COCCC(C(=O)[O-])[N+](C)(C)C)OC(=O)CCCCCCCCC/C=C/CCCCCCCCCCCCC. The van der Waals surface area contributed by atoms with Gasteiger partial charge >= 0.3 is 11.9 Å². The number of ether oxygens (including phenoxy) is 3. The molecule has 0 saturated heterocycles. The van der Waals surface area contributed by atoms with E-state index in [4.69, 9.17) is 14.2 Å². The lowest BCUT2D eigenvalue weighted by Crippen LogP contribution is -2.55. The smallest absolute Gasteiger partial charge is 0.306 e. The molecule has 0 aromatic rings. The molecule has 61 heavy (non-hydrogen) atoms. The summed E-state index contributed by atoms with van der Waals surface area (Å²) < 4.78 is 17.2. The molecule has 0 saturated carbocycles. The first kappa shape index (κ1) is 58.6. The molecule has 0 aromatic carbocycles. The summed E-state index contributed by atoms with van der Waals surface area (Å²) in [6.07, 6.45) is 51.7. The lowest BCUT2D eigenvalue weighted by molar-refractivity contribution is -0.889. The molecule has 8 nitrogen and oxygen atoms in total. The van der Waals surface area contributed by atoms with Gasteiger partial charge in [-0.2, -0.15) is 0 Å². The molecule has 0 rings (SSSR count). The summed E-state index contributed by atoms with van der Waals surface area (Å²) in [5, 5.41) is 11.7. The largest absolute Gasteiger partial charge is 0.544 e. The van der Waals surface area contributed by atoms with Crippen LogP contribution in [0.4, 0.5) is 0 Å². The number of carboxylic acid groups (broad SMARTS) is 1. The molecule has 356 valence electrons. The Morgan fingerprint density at radius 3 is 1.31 bits per heavy atom. The monoisotopic (exact) mass is 860 g/mol. The molecule has 0 aromatic heterocycles. The minimum absolute atomic E-state index is 0.0366. The Hall–Kier alpha value is -2.45. The predicted molar refractivity (Wildman–Crippen MR) is 254 cm³/mol. The van der Waals surface area contributed by atoms with E-state index in [1.807, 2.05) is 0 Å². The van der Waals surface area contributed by atoms with Crippen molar-refractivity contribution < 1.29 is 38.2 Å². The topological polar surface area (TPSA) is 102 Å². The van der Waals surface area contributed by atoms with Crippen molar-refractivity contribution in [3.05, 3.63) is 36.5 Å². The number of nitrogens with zero attached hydrogens (tertiary/aromatic N) is 1. The number of hydrogen-bond acceptors (Lipinski definition) is 7. The van der Waals surface area contributed by atoms with E-state index >= 15 is 0 Å². The lowest BCUT2D eigenvalue weighted by atomic mass is 10.0. The number of quaternary nitrogens is 1. The molecule has 0 aliphatic heterocycles. The highest BCUT2D eigenvalue weighted by atomic mass is 16.6. The zero-order valence-corrected chi connectivity index (χ0v) is 40.6. The average Bonchev–Trinajstić information content (AvgIpc) is 3.22. The Morgan fingerprint density at radius 1 is 0.492 bits per heavy atom. The van der Waals surface area contributed by atoms with Gasteiger partial charge in [-0.15, -0.1) is 0 Å². The third kappa shape index (κ3) is 42.6. The number of carbonyl (C=O) groups is 3. The molecule has 0 spiro atoms. The van der Waals surface area contributed by atoms with Crippen LogP contribution in [0.5, 0.6) is 0 Å². The first-order valence-corrected chi connectivity index (χ1v) is 25.5. The van der Waals surface area contributed by atoms with Crippen LogP contribution in [0.2, 0.25) is 0 Å². The number of esters is 2. The molecule has 2 unspecified atom stereocenters. The van der Waals surface area contributed by atoms with E-state index in [-0.39, 0.29) is 42.7 Å². The van der Waals surface area contributed by atoms with E-state index in [2.05, 4.69) is 50.3 Å². The molecular formula is C53H97NO7.